The second-order valence-electron chi connectivity index (χ2n) is 3.79. The molecule has 0 amide bonds. The molecule has 0 saturated heterocycles. The van der Waals surface area contributed by atoms with E-state index in [0.29, 0.717) is 0 Å². The van der Waals surface area contributed by atoms with Gasteiger partial charge in [0.05, 0.1) is 0 Å². The molecular formula is C11H24N2. The molecule has 0 rings (SSSR count). The van der Waals surface area contributed by atoms with Crippen LogP contribution in [-0.4, -0.2) is 38.1 Å². The van der Waals surface area contributed by atoms with Crippen LogP contribution in [0.4, 0.5) is 0 Å². The van der Waals surface area contributed by atoms with Crippen molar-refractivity contribution in [2.45, 2.75) is 27.2 Å². The molecule has 0 aliphatic carbocycles. The van der Waals surface area contributed by atoms with Gasteiger partial charge in [-0.2, -0.15) is 0 Å². The Hall–Kier alpha value is -0.340. The molecule has 0 unspecified atom stereocenters. The molecule has 0 spiro atoms. The first-order valence-corrected chi connectivity index (χ1v) is 5.19. The molecule has 1 N–H and O–H groups in total. The molecule has 0 aromatic rings. The van der Waals surface area contributed by atoms with E-state index in [9.17, 15) is 0 Å². The van der Waals surface area contributed by atoms with Crippen LogP contribution in [0.2, 0.25) is 0 Å². The summed E-state index contributed by atoms with van der Waals surface area (Å²) in [6.07, 6.45) is 3.48. The average Bonchev–Trinajstić information content (AvgIpc) is 2.09. The smallest absolute Gasteiger partial charge is 0.0163 e. The molecule has 78 valence electrons. The van der Waals surface area contributed by atoms with Gasteiger partial charge in [-0.1, -0.05) is 18.6 Å². The molecule has 13 heavy (non-hydrogen) atoms. The largest absolute Gasteiger partial charge is 0.315 e. The van der Waals surface area contributed by atoms with Crippen molar-refractivity contribution in [2.75, 3.05) is 33.2 Å². The Morgan fingerprint density at radius 3 is 2.54 bits per heavy atom. The summed E-state index contributed by atoms with van der Waals surface area (Å²) >= 11 is 0. The summed E-state index contributed by atoms with van der Waals surface area (Å²) in [6.45, 7) is 10.9. The van der Waals surface area contributed by atoms with E-state index in [1.54, 1.807) is 0 Å². The Balaban J connectivity index is 3.30. The third-order valence-corrected chi connectivity index (χ3v) is 1.91. The van der Waals surface area contributed by atoms with Crippen LogP contribution in [0.15, 0.2) is 11.6 Å². The van der Waals surface area contributed by atoms with Crippen molar-refractivity contribution < 1.29 is 0 Å². The summed E-state index contributed by atoms with van der Waals surface area (Å²) in [5, 5.41) is 3.39. The van der Waals surface area contributed by atoms with Crippen molar-refractivity contribution in [3.63, 3.8) is 0 Å². The van der Waals surface area contributed by atoms with Crippen molar-refractivity contribution in [3.05, 3.63) is 11.6 Å². The van der Waals surface area contributed by atoms with Crippen molar-refractivity contribution in [2.24, 2.45) is 0 Å². The topological polar surface area (TPSA) is 15.3 Å². The lowest BCUT2D eigenvalue weighted by molar-refractivity contribution is 0.365. The predicted octanol–water partition coefficient (Wildman–Crippen LogP) is 1.88. The van der Waals surface area contributed by atoms with Crippen LogP contribution in [0.3, 0.4) is 0 Å². The molecule has 0 bridgehead atoms. The minimum atomic E-state index is 1.07. The summed E-state index contributed by atoms with van der Waals surface area (Å²) < 4.78 is 0. The minimum Gasteiger partial charge on any atom is -0.315 e. The molecule has 2 heteroatoms. The molecule has 0 aromatic carbocycles. The maximum absolute atomic E-state index is 3.39. The van der Waals surface area contributed by atoms with Crippen molar-refractivity contribution in [3.8, 4) is 0 Å². The number of allylic oxidation sites excluding steroid dienone is 1. The zero-order chi connectivity index (χ0) is 10.1. The molecule has 2 nitrogen and oxygen atoms in total. The number of hydrogen-bond donors (Lipinski definition) is 1. The standard InChI is InChI=1S/C11H24N2/c1-5-7-12-8-10-13(4)9-6-11(2)3/h6,12H,5,7-10H2,1-4H3. The van der Waals surface area contributed by atoms with Gasteiger partial charge in [0.1, 0.15) is 0 Å². The minimum absolute atomic E-state index is 1.07. The molecular weight excluding hydrogens is 160 g/mol. The van der Waals surface area contributed by atoms with Gasteiger partial charge in [0.2, 0.25) is 0 Å². The Morgan fingerprint density at radius 1 is 1.31 bits per heavy atom. The normalized spacial score (nSPS) is 10.5. The van der Waals surface area contributed by atoms with Gasteiger partial charge in [0.25, 0.3) is 0 Å². The Labute approximate surface area is 83.0 Å². The first-order chi connectivity index (χ1) is 6.16. The van der Waals surface area contributed by atoms with Crippen molar-refractivity contribution >= 4 is 0 Å². The number of nitrogens with zero attached hydrogens (tertiary/aromatic N) is 1. The fourth-order valence-electron chi connectivity index (χ4n) is 1.00. The fourth-order valence-corrected chi connectivity index (χ4v) is 1.00. The van der Waals surface area contributed by atoms with Gasteiger partial charge in [-0.25, -0.2) is 0 Å². The molecule has 0 aromatic heterocycles. The lowest BCUT2D eigenvalue weighted by Crippen LogP contribution is -2.29. The highest BCUT2D eigenvalue weighted by atomic mass is 15.1. The summed E-state index contributed by atoms with van der Waals surface area (Å²) in [5.74, 6) is 0. The van der Waals surface area contributed by atoms with E-state index < -0.39 is 0 Å². The van der Waals surface area contributed by atoms with Crippen LogP contribution in [0, 0.1) is 0 Å². The Bertz CT molecular complexity index is 137. The van der Waals surface area contributed by atoms with E-state index in [1.807, 2.05) is 0 Å². The van der Waals surface area contributed by atoms with Gasteiger partial charge in [-0.3, -0.25) is 0 Å². The van der Waals surface area contributed by atoms with Crippen molar-refractivity contribution in [1.82, 2.24) is 10.2 Å². The highest BCUT2D eigenvalue weighted by molar-refractivity contribution is 4.94. The van der Waals surface area contributed by atoms with E-state index in [4.69, 9.17) is 0 Å². The van der Waals surface area contributed by atoms with Crippen LogP contribution in [0.1, 0.15) is 27.2 Å². The predicted molar refractivity (Wildman–Crippen MR) is 60.1 cm³/mol. The van der Waals surface area contributed by atoms with Crippen molar-refractivity contribution in [1.29, 1.82) is 0 Å². The van der Waals surface area contributed by atoms with Crippen LogP contribution < -0.4 is 5.32 Å². The van der Waals surface area contributed by atoms with E-state index in [-0.39, 0.29) is 0 Å². The molecule has 0 aliphatic rings. The quantitative estimate of drug-likeness (QED) is 0.480. The number of likely N-dealkylation sites (N-methyl/N-ethyl adjacent to an activating group) is 1. The monoisotopic (exact) mass is 184 g/mol. The van der Waals surface area contributed by atoms with Gasteiger partial charge in [0.15, 0.2) is 0 Å². The van der Waals surface area contributed by atoms with Gasteiger partial charge in [-0.05, 0) is 33.9 Å². The van der Waals surface area contributed by atoms with Crippen LogP contribution >= 0.6 is 0 Å². The maximum Gasteiger partial charge on any atom is 0.0163 e. The van der Waals surface area contributed by atoms with Gasteiger partial charge < -0.3 is 10.2 Å². The zero-order valence-electron chi connectivity index (χ0n) is 9.56. The van der Waals surface area contributed by atoms with Gasteiger partial charge in [-0.15, -0.1) is 0 Å². The number of hydrogen-bond acceptors (Lipinski definition) is 2. The first kappa shape index (κ1) is 12.7. The van der Waals surface area contributed by atoms with E-state index in [2.05, 4.69) is 44.1 Å². The zero-order valence-corrected chi connectivity index (χ0v) is 9.56. The third kappa shape index (κ3) is 9.57. The second-order valence-corrected chi connectivity index (χ2v) is 3.79. The summed E-state index contributed by atoms with van der Waals surface area (Å²) in [7, 11) is 2.16. The summed E-state index contributed by atoms with van der Waals surface area (Å²) in [5.41, 5.74) is 1.40. The number of nitrogens with one attached hydrogen (secondary N) is 1. The van der Waals surface area contributed by atoms with Crippen LogP contribution in [-0.2, 0) is 0 Å². The molecule has 0 fully saturated rings. The molecule has 0 heterocycles. The summed E-state index contributed by atoms with van der Waals surface area (Å²) in [4.78, 5) is 2.33. The van der Waals surface area contributed by atoms with E-state index in [0.717, 1.165) is 26.2 Å². The highest BCUT2D eigenvalue weighted by Crippen LogP contribution is 1.90. The second kappa shape index (κ2) is 8.27. The highest BCUT2D eigenvalue weighted by Gasteiger charge is 1.93. The summed E-state index contributed by atoms with van der Waals surface area (Å²) in [6, 6.07) is 0. The van der Waals surface area contributed by atoms with Crippen LogP contribution in [0.5, 0.6) is 0 Å². The SMILES string of the molecule is CCCNCCN(C)CC=C(C)C. The first-order valence-electron chi connectivity index (χ1n) is 5.19. The molecule has 0 saturated carbocycles. The number of rotatable bonds is 7. The molecule has 0 aliphatic heterocycles. The Morgan fingerprint density at radius 2 is 2.00 bits per heavy atom. The fraction of sp³-hybridized carbons (Fsp3) is 0.818. The van der Waals surface area contributed by atoms with E-state index >= 15 is 0 Å². The molecule has 0 atom stereocenters. The lowest BCUT2D eigenvalue weighted by atomic mass is 10.3. The van der Waals surface area contributed by atoms with Gasteiger partial charge in [0, 0.05) is 19.6 Å². The molecule has 0 radical (unpaired) electrons. The van der Waals surface area contributed by atoms with Crippen LogP contribution in [0.25, 0.3) is 0 Å². The maximum atomic E-state index is 3.39. The van der Waals surface area contributed by atoms with Gasteiger partial charge >= 0.3 is 0 Å². The Kier molecular flexibility index (Phi) is 8.05. The lowest BCUT2D eigenvalue weighted by Gasteiger charge is -2.14. The van der Waals surface area contributed by atoms with E-state index in [1.165, 1.54) is 12.0 Å². The third-order valence-electron chi connectivity index (χ3n) is 1.91. The average molecular weight is 184 g/mol.